The summed E-state index contributed by atoms with van der Waals surface area (Å²) in [5.74, 6) is -2.73. The number of rotatable bonds is 6. The van der Waals surface area contributed by atoms with Crippen molar-refractivity contribution in [2.45, 2.75) is 38.5 Å². The van der Waals surface area contributed by atoms with Crippen LogP contribution in [0.15, 0.2) is 12.2 Å². The number of hydrogen-bond donors (Lipinski definition) is 0. The Morgan fingerprint density at radius 1 is 0.897 bits per heavy atom. The van der Waals surface area contributed by atoms with Crippen LogP contribution >= 0.6 is 0 Å². The number of ether oxygens (including phenoxy) is 2. The number of nitrogens with zero attached hydrogens (tertiary/aromatic N) is 2. The summed E-state index contributed by atoms with van der Waals surface area (Å²) in [6, 6.07) is 0. The van der Waals surface area contributed by atoms with Crippen LogP contribution in [0.4, 0.5) is 4.79 Å². The van der Waals surface area contributed by atoms with Gasteiger partial charge in [0.1, 0.15) is 0 Å². The van der Waals surface area contributed by atoms with Gasteiger partial charge >= 0.3 is 12.1 Å². The van der Waals surface area contributed by atoms with Crippen molar-refractivity contribution in [3.05, 3.63) is 12.2 Å². The standard InChI is InChI=1S/C18H20N2O9/c21-13-5-6-14(22)19(13)9-11-1-3-12(4-2-11)17(25)27-10-28-18(26)29-20-15(23)7-8-16(20)24/h5-6,11-12H,1-4,7-10H2. The lowest BCUT2D eigenvalue weighted by molar-refractivity contribution is -0.183. The van der Waals surface area contributed by atoms with Gasteiger partial charge in [0.05, 0.1) is 5.92 Å². The summed E-state index contributed by atoms with van der Waals surface area (Å²) in [6.45, 7) is -0.369. The summed E-state index contributed by atoms with van der Waals surface area (Å²) >= 11 is 0. The number of hydroxylamine groups is 2. The molecule has 11 nitrogen and oxygen atoms in total. The van der Waals surface area contributed by atoms with Gasteiger partial charge in [-0.1, -0.05) is 5.06 Å². The van der Waals surface area contributed by atoms with Gasteiger partial charge < -0.3 is 9.47 Å². The quantitative estimate of drug-likeness (QED) is 0.348. The van der Waals surface area contributed by atoms with Crippen molar-refractivity contribution < 1.29 is 43.1 Å². The van der Waals surface area contributed by atoms with Crippen molar-refractivity contribution in [2.75, 3.05) is 13.3 Å². The molecule has 0 aromatic carbocycles. The van der Waals surface area contributed by atoms with Crippen LogP contribution in [-0.4, -0.2) is 59.1 Å². The van der Waals surface area contributed by atoms with Gasteiger partial charge in [-0.05, 0) is 31.6 Å². The van der Waals surface area contributed by atoms with Gasteiger partial charge in [-0.15, -0.1) is 0 Å². The van der Waals surface area contributed by atoms with Crippen LogP contribution in [-0.2, 0) is 38.3 Å². The predicted molar refractivity (Wildman–Crippen MR) is 90.9 cm³/mol. The Hall–Kier alpha value is -3.24. The minimum Gasteiger partial charge on any atom is -0.427 e. The maximum absolute atomic E-state index is 12.1. The number of carbonyl (C=O) groups excluding carboxylic acids is 6. The van der Waals surface area contributed by atoms with Crippen molar-refractivity contribution >= 4 is 35.8 Å². The predicted octanol–water partition coefficient (Wildman–Crippen LogP) is 0.436. The molecule has 1 aliphatic carbocycles. The monoisotopic (exact) mass is 408 g/mol. The number of imide groups is 2. The summed E-state index contributed by atoms with van der Waals surface area (Å²) in [6.07, 6.45) is 3.43. The molecule has 4 amide bonds. The number of amides is 4. The highest BCUT2D eigenvalue weighted by Crippen LogP contribution is 2.30. The first kappa shape index (κ1) is 20.5. The largest absolute Gasteiger partial charge is 0.536 e. The zero-order valence-electron chi connectivity index (χ0n) is 15.5. The van der Waals surface area contributed by atoms with Crippen LogP contribution < -0.4 is 0 Å². The zero-order valence-corrected chi connectivity index (χ0v) is 15.5. The first-order valence-electron chi connectivity index (χ1n) is 9.26. The van der Waals surface area contributed by atoms with Crippen LogP contribution in [0.25, 0.3) is 0 Å². The van der Waals surface area contributed by atoms with E-state index in [0.29, 0.717) is 37.3 Å². The molecule has 0 N–H and O–H groups in total. The summed E-state index contributed by atoms with van der Waals surface area (Å²) in [4.78, 5) is 75.1. The minimum atomic E-state index is -1.32. The van der Waals surface area contributed by atoms with Crippen molar-refractivity contribution in [3.8, 4) is 0 Å². The second kappa shape index (κ2) is 8.84. The van der Waals surface area contributed by atoms with E-state index in [1.165, 1.54) is 17.1 Å². The molecule has 1 saturated carbocycles. The molecule has 0 atom stereocenters. The van der Waals surface area contributed by atoms with E-state index in [1.807, 2.05) is 0 Å². The van der Waals surface area contributed by atoms with Crippen molar-refractivity contribution in [1.29, 1.82) is 0 Å². The first-order chi connectivity index (χ1) is 13.8. The molecule has 11 heteroatoms. The van der Waals surface area contributed by atoms with Crippen molar-refractivity contribution in [3.63, 3.8) is 0 Å². The number of carbonyl (C=O) groups is 6. The smallest absolute Gasteiger partial charge is 0.427 e. The van der Waals surface area contributed by atoms with Crippen molar-refractivity contribution in [2.24, 2.45) is 11.8 Å². The van der Waals surface area contributed by atoms with Crippen LogP contribution in [0.5, 0.6) is 0 Å². The van der Waals surface area contributed by atoms with Gasteiger partial charge in [-0.2, -0.15) is 0 Å². The van der Waals surface area contributed by atoms with Gasteiger partial charge in [-0.3, -0.25) is 33.7 Å². The highest BCUT2D eigenvalue weighted by Gasteiger charge is 2.34. The van der Waals surface area contributed by atoms with Crippen molar-refractivity contribution in [1.82, 2.24) is 9.96 Å². The van der Waals surface area contributed by atoms with Gasteiger partial charge in [0.15, 0.2) is 0 Å². The molecule has 0 aromatic rings. The molecule has 2 aliphatic heterocycles. The molecule has 1 saturated heterocycles. The number of hydrogen-bond acceptors (Lipinski definition) is 9. The molecule has 0 radical (unpaired) electrons. The third kappa shape index (κ3) is 4.98. The lowest BCUT2D eigenvalue weighted by Gasteiger charge is -2.29. The first-order valence-corrected chi connectivity index (χ1v) is 9.26. The lowest BCUT2D eigenvalue weighted by Crippen LogP contribution is -2.37. The van der Waals surface area contributed by atoms with E-state index >= 15 is 0 Å². The average Bonchev–Trinajstić information content (AvgIpc) is 3.18. The van der Waals surface area contributed by atoms with Gasteiger partial charge in [0.2, 0.25) is 6.79 Å². The summed E-state index contributed by atoms with van der Waals surface area (Å²) < 4.78 is 9.45. The second-order valence-corrected chi connectivity index (χ2v) is 6.99. The molecular weight excluding hydrogens is 388 g/mol. The summed E-state index contributed by atoms with van der Waals surface area (Å²) in [5, 5.41) is 0.330. The van der Waals surface area contributed by atoms with Gasteiger partial charge in [-0.25, -0.2) is 4.79 Å². The van der Waals surface area contributed by atoms with E-state index in [0.717, 1.165) is 0 Å². The van der Waals surface area contributed by atoms with E-state index in [2.05, 4.69) is 9.57 Å². The highest BCUT2D eigenvalue weighted by atomic mass is 16.9. The third-order valence-corrected chi connectivity index (χ3v) is 5.07. The Morgan fingerprint density at radius 3 is 2.07 bits per heavy atom. The number of esters is 1. The summed E-state index contributed by atoms with van der Waals surface area (Å²) in [7, 11) is 0. The average molecular weight is 408 g/mol. The van der Waals surface area contributed by atoms with E-state index in [1.54, 1.807) is 0 Å². The zero-order chi connectivity index (χ0) is 21.0. The third-order valence-electron chi connectivity index (χ3n) is 5.07. The maximum atomic E-state index is 12.1. The van der Waals surface area contributed by atoms with Crippen LogP contribution in [0.2, 0.25) is 0 Å². The van der Waals surface area contributed by atoms with E-state index in [9.17, 15) is 28.8 Å². The van der Waals surface area contributed by atoms with Crippen LogP contribution in [0, 0.1) is 11.8 Å². The fraction of sp³-hybridized carbons (Fsp3) is 0.556. The Morgan fingerprint density at radius 2 is 1.48 bits per heavy atom. The Bertz CT molecular complexity index is 733. The Balaban J connectivity index is 1.33. The molecule has 0 bridgehead atoms. The van der Waals surface area contributed by atoms with Gasteiger partial charge in [0.25, 0.3) is 23.6 Å². The highest BCUT2D eigenvalue weighted by molar-refractivity contribution is 6.12. The molecule has 2 heterocycles. The molecule has 29 heavy (non-hydrogen) atoms. The van der Waals surface area contributed by atoms with E-state index in [-0.39, 0.29) is 36.5 Å². The molecule has 0 spiro atoms. The van der Waals surface area contributed by atoms with Crippen LogP contribution in [0.1, 0.15) is 38.5 Å². The Labute approximate surface area is 165 Å². The molecular formula is C18H20N2O9. The molecule has 156 valence electrons. The normalized spacial score (nSPS) is 24.3. The summed E-state index contributed by atoms with van der Waals surface area (Å²) in [5.41, 5.74) is 0. The van der Waals surface area contributed by atoms with Gasteiger partial charge in [0, 0.05) is 31.5 Å². The lowest BCUT2D eigenvalue weighted by atomic mass is 9.82. The molecule has 0 aromatic heterocycles. The van der Waals surface area contributed by atoms with Crippen LogP contribution in [0.3, 0.4) is 0 Å². The maximum Gasteiger partial charge on any atom is 0.536 e. The fourth-order valence-corrected chi connectivity index (χ4v) is 3.46. The second-order valence-electron chi connectivity index (χ2n) is 6.99. The molecule has 2 fully saturated rings. The Kier molecular flexibility index (Phi) is 6.25. The molecule has 3 rings (SSSR count). The molecule has 0 unspecified atom stereocenters. The van der Waals surface area contributed by atoms with E-state index < -0.39 is 30.7 Å². The minimum absolute atomic E-state index is 0.0413. The molecule has 3 aliphatic rings. The fourth-order valence-electron chi connectivity index (χ4n) is 3.46. The topological polar surface area (TPSA) is 137 Å². The van der Waals surface area contributed by atoms with E-state index in [4.69, 9.17) is 4.74 Å². The SMILES string of the molecule is O=C(OCOC(=O)C1CCC(CN2C(=O)C=CC2=O)CC1)ON1C(=O)CCC1=O.